The van der Waals surface area contributed by atoms with Crippen LogP contribution in [0.15, 0.2) is 0 Å². The number of nitrogens with one attached hydrogen (secondary N) is 1. The van der Waals surface area contributed by atoms with E-state index in [0.717, 1.165) is 6.42 Å². The number of alkyl carbamates (subject to hydrolysis) is 1. The van der Waals surface area contributed by atoms with Crippen molar-refractivity contribution >= 4 is 6.09 Å². The lowest BCUT2D eigenvalue weighted by Gasteiger charge is -2.08. The van der Waals surface area contributed by atoms with Crippen LogP contribution in [0.25, 0.3) is 0 Å². The fourth-order valence-corrected chi connectivity index (χ4v) is 1.28. The Morgan fingerprint density at radius 1 is 0.762 bits per heavy atom. The molecule has 0 heterocycles. The molecule has 1 N–H and O–H groups in total. The molecule has 0 atom stereocenters. The Labute approximate surface area is 127 Å². The second-order valence-corrected chi connectivity index (χ2v) is 4.10. The first-order chi connectivity index (χ1) is 10.3. The third-order valence-electron chi connectivity index (χ3n) is 2.27. The molecule has 0 radical (unpaired) electrons. The summed E-state index contributed by atoms with van der Waals surface area (Å²) in [5, 5.41) is 2.59. The molecule has 0 aromatic heterocycles. The van der Waals surface area contributed by atoms with Crippen LogP contribution in [-0.2, 0) is 23.7 Å². The third kappa shape index (κ3) is 17.1. The van der Waals surface area contributed by atoms with Gasteiger partial charge in [-0.05, 0) is 13.3 Å². The molecule has 7 nitrogen and oxygen atoms in total. The van der Waals surface area contributed by atoms with Gasteiger partial charge in [0.1, 0.15) is 0 Å². The monoisotopic (exact) mass is 307 g/mol. The Bertz CT molecular complexity index is 228. The molecule has 0 spiro atoms. The second kappa shape index (κ2) is 17.2. The van der Waals surface area contributed by atoms with Crippen LogP contribution in [0.5, 0.6) is 0 Å². The van der Waals surface area contributed by atoms with E-state index in [-0.39, 0.29) is 0 Å². The summed E-state index contributed by atoms with van der Waals surface area (Å²) < 4.78 is 25.9. The van der Waals surface area contributed by atoms with Gasteiger partial charge in [0.25, 0.3) is 0 Å². The lowest BCUT2D eigenvalue weighted by atomic mass is 10.5. The highest BCUT2D eigenvalue weighted by atomic mass is 16.6. The van der Waals surface area contributed by atoms with Crippen molar-refractivity contribution in [1.29, 1.82) is 0 Å². The van der Waals surface area contributed by atoms with Crippen LogP contribution in [-0.4, -0.2) is 72.1 Å². The van der Waals surface area contributed by atoms with Crippen LogP contribution in [0, 0.1) is 0 Å². The van der Waals surface area contributed by atoms with Crippen molar-refractivity contribution in [1.82, 2.24) is 5.32 Å². The topological polar surface area (TPSA) is 75.3 Å². The Hall–Kier alpha value is -0.890. The summed E-state index contributed by atoms with van der Waals surface area (Å²) in [7, 11) is 0. The van der Waals surface area contributed by atoms with Gasteiger partial charge in [-0.25, -0.2) is 4.79 Å². The van der Waals surface area contributed by atoms with Gasteiger partial charge < -0.3 is 29.0 Å². The summed E-state index contributed by atoms with van der Waals surface area (Å²) >= 11 is 0. The maximum Gasteiger partial charge on any atom is 0.407 e. The zero-order chi connectivity index (χ0) is 15.6. The van der Waals surface area contributed by atoms with Crippen molar-refractivity contribution in [2.45, 2.75) is 20.3 Å². The maximum atomic E-state index is 11.1. The van der Waals surface area contributed by atoms with E-state index in [4.69, 9.17) is 23.7 Å². The van der Waals surface area contributed by atoms with Crippen molar-refractivity contribution in [2.24, 2.45) is 0 Å². The van der Waals surface area contributed by atoms with E-state index in [0.29, 0.717) is 66.0 Å². The third-order valence-corrected chi connectivity index (χ3v) is 2.27. The first kappa shape index (κ1) is 20.1. The number of hydrogen-bond acceptors (Lipinski definition) is 6. The van der Waals surface area contributed by atoms with Gasteiger partial charge in [-0.2, -0.15) is 0 Å². The summed E-state index contributed by atoms with van der Waals surface area (Å²) in [6.45, 7) is 9.22. The van der Waals surface area contributed by atoms with Crippen molar-refractivity contribution in [3.05, 3.63) is 0 Å². The van der Waals surface area contributed by atoms with Gasteiger partial charge in [0.15, 0.2) is 0 Å². The van der Waals surface area contributed by atoms with Crippen molar-refractivity contribution in [2.75, 3.05) is 66.0 Å². The molecule has 0 aromatic carbocycles. The highest BCUT2D eigenvalue weighted by molar-refractivity contribution is 5.66. The Morgan fingerprint density at radius 2 is 1.29 bits per heavy atom. The molecule has 0 unspecified atom stereocenters. The van der Waals surface area contributed by atoms with Gasteiger partial charge in [0.05, 0.1) is 52.9 Å². The molecular formula is C14H29NO6. The number of carbonyl (C=O) groups is 1. The number of rotatable bonds is 15. The average Bonchev–Trinajstić information content (AvgIpc) is 2.49. The zero-order valence-corrected chi connectivity index (χ0v) is 13.2. The van der Waals surface area contributed by atoms with E-state index in [1.807, 2.05) is 13.8 Å². The van der Waals surface area contributed by atoms with E-state index in [1.54, 1.807) is 0 Å². The van der Waals surface area contributed by atoms with Crippen molar-refractivity contribution in [3.63, 3.8) is 0 Å². The summed E-state index contributed by atoms with van der Waals surface area (Å²) in [6.07, 6.45) is 0.414. The normalized spacial score (nSPS) is 10.6. The average molecular weight is 307 g/mol. The van der Waals surface area contributed by atoms with Gasteiger partial charge in [0.2, 0.25) is 0 Å². The van der Waals surface area contributed by atoms with Gasteiger partial charge in [-0.1, -0.05) is 6.92 Å². The lowest BCUT2D eigenvalue weighted by molar-refractivity contribution is -0.000112. The minimum absolute atomic E-state index is 0.402. The zero-order valence-electron chi connectivity index (χ0n) is 13.2. The summed E-state index contributed by atoms with van der Waals surface area (Å²) in [5.74, 6) is 0. The molecule has 0 fully saturated rings. The van der Waals surface area contributed by atoms with Crippen LogP contribution in [0.3, 0.4) is 0 Å². The summed E-state index contributed by atoms with van der Waals surface area (Å²) in [5.41, 5.74) is 0. The molecule has 0 aliphatic rings. The van der Waals surface area contributed by atoms with Gasteiger partial charge in [0, 0.05) is 13.2 Å². The lowest BCUT2D eigenvalue weighted by Crippen LogP contribution is -2.28. The predicted octanol–water partition coefficient (Wildman–Crippen LogP) is 1.21. The molecule has 0 bridgehead atoms. The predicted molar refractivity (Wildman–Crippen MR) is 78.6 cm³/mol. The minimum atomic E-state index is -0.402. The van der Waals surface area contributed by atoms with Crippen LogP contribution in [0.2, 0.25) is 0 Å². The van der Waals surface area contributed by atoms with E-state index >= 15 is 0 Å². The molecule has 0 rings (SSSR count). The maximum absolute atomic E-state index is 11.1. The molecule has 1 amide bonds. The minimum Gasteiger partial charge on any atom is -0.450 e. The van der Waals surface area contributed by atoms with E-state index in [1.165, 1.54) is 0 Å². The Balaban J connectivity index is 3.04. The fraction of sp³-hybridized carbons (Fsp3) is 0.929. The highest BCUT2D eigenvalue weighted by Gasteiger charge is 1.99. The second-order valence-electron chi connectivity index (χ2n) is 4.10. The molecule has 0 aliphatic heterocycles. The van der Waals surface area contributed by atoms with E-state index in [9.17, 15) is 4.79 Å². The van der Waals surface area contributed by atoms with Gasteiger partial charge >= 0.3 is 6.09 Å². The highest BCUT2D eigenvalue weighted by Crippen LogP contribution is 1.84. The SMILES string of the molecule is CCCOC(=O)NCCOCCOCCOCCOCC. The van der Waals surface area contributed by atoms with Crippen LogP contribution < -0.4 is 5.32 Å². The van der Waals surface area contributed by atoms with E-state index in [2.05, 4.69) is 5.32 Å². The summed E-state index contributed by atoms with van der Waals surface area (Å²) in [6, 6.07) is 0. The standard InChI is InChI=1S/C14H29NO6/c1-3-6-21-14(16)15-5-7-18-10-11-20-13-12-19-9-8-17-4-2/h3-13H2,1-2H3,(H,15,16). The molecule has 0 aromatic rings. The van der Waals surface area contributed by atoms with Crippen LogP contribution >= 0.6 is 0 Å². The quantitative estimate of drug-likeness (QED) is 0.458. The fourth-order valence-electron chi connectivity index (χ4n) is 1.28. The van der Waals surface area contributed by atoms with E-state index < -0.39 is 6.09 Å². The van der Waals surface area contributed by atoms with Crippen LogP contribution in [0.1, 0.15) is 20.3 Å². The molecular weight excluding hydrogens is 278 g/mol. The number of hydrogen-bond donors (Lipinski definition) is 1. The van der Waals surface area contributed by atoms with Gasteiger partial charge in [-0.15, -0.1) is 0 Å². The van der Waals surface area contributed by atoms with Gasteiger partial charge in [-0.3, -0.25) is 0 Å². The van der Waals surface area contributed by atoms with Crippen LogP contribution in [0.4, 0.5) is 4.79 Å². The molecule has 126 valence electrons. The van der Waals surface area contributed by atoms with Crippen molar-refractivity contribution < 1.29 is 28.5 Å². The Kier molecular flexibility index (Phi) is 16.4. The smallest absolute Gasteiger partial charge is 0.407 e. The first-order valence-electron chi connectivity index (χ1n) is 7.52. The number of amides is 1. The molecule has 7 heteroatoms. The molecule has 0 aliphatic carbocycles. The molecule has 0 saturated heterocycles. The number of ether oxygens (including phenoxy) is 5. The van der Waals surface area contributed by atoms with Crippen molar-refractivity contribution in [3.8, 4) is 0 Å². The largest absolute Gasteiger partial charge is 0.450 e. The first-order valence-corrected chi connectivity index (χ1v) is 7.52. The molecule has 21 heavy (non-hydrogen) atoms. The Morgan fingerprint density at radius 3 is 1.81 bits per heavy atom. The number of carbonyl (C=O) groups excluding carboxylic acids is 1. The molecule has 0 saturated carbocycles. The summed E-state index contributed by atoms with van der Waals surface area (Å²) in [4.78, 5) is 11.1.